The van der Waals surface area contributed by atoms with Crippen LogP contribution in [-0.4, -0.2) is 43.1 Å². The molecule has 2 atom stereocenters. The number of thioether (sulfide) groups is 1. The summed E-state index contributed by atoms with van der Waals surface area (Å²) in [5.74, 6) is 3.38. The van der Waals surface area contributed by atoms with E-state index in [4.69, 9.17) is 5.73 Å². The van der Waals surface area contributed by atoms with E-state index in [1.165, 1.54) is 43.7 Å². The molecule has 0 amide bonds. The lowest BCUT2D eigenvalue weighted by Crippen LogP contribution is -2.24. The summed E-state index contributed by atoms with van der Waals surface area (Å²) < 4.78 is 0. The highest BCUT2D eigenvalue weighted by atomic mass is 32.2. The number of nitrogens with zero attached hydrogens (tertiary/aromatic N) is 1. The Morgan fingerprint density at radius 2 is 2.07 bits per heavy atom. The van der Waals surface area contributed by atoms with Crippen molar-refractivity contribution in [2.45, 2.75) is 31.7 Å². The first-order chi connectivity index (χ1) is 6.70. The summed E-state index contributed by atoms with van der Waals surface area (Å²) >= 11 is 2.07. The van der Waals surface area contributed by atoms with Crippen molar-refractivity contribution in [2.24, 2.45) is 11.7 Å². The number of rotatable bonds is 6. The first-order valence-electron chi connectivity index (χ1n) is 5.68. The van der Waals surface area contributed by atoms with E-state index in [2.05, 4.69) is 30.8 Å². The largest absolute Gasteiger partial charge is 0.327 e. The summed E-state index contributed by atoms with van der Waals surface area (Å²) in [6.07, 6.45) is 5.32. The minimum Gasteiger partial charge on any atom is -0.327 e. The fourth-order valence-electron chi connectivity index (χ4n) is 2.01. The maximum Gasteiger partial charge on any atom is 0.00674 e. The van der Waals surface area contributed by atoms with Crippen molar-refractivity contribution in [3.63, 3.8) is 0 Å². The molecule has 84 valence electrons. The molecule has 0 saturated heterocycles. The standard InChI is InChI=1S/C11H24N2S/c1-13(2)7-9-14-8-6-10-4-3-5-11(10)12/h10-11H,3-9,12H2,1-2H3. The van der Waals surface area contributed by atoms with Crippen LogP contribution in [-0.2, 0) is 0 Å². The fraction of sp³-hybridized carbons (Fsp3) is 1.00. The zero-order chi connectivity index (χ0) is 10.4. The number of nitrogens with two attached hydrogens (primary N) is 1. The Bertz CT molecular complexity index is 150. The summed E-state index contributed by atoms with van der Waals surface area (Å²) in [6.45, 7) is 1.20. The van der Waals surface area contributed by atoms with E-state index in [0.29, 0.717) is 6.04 Å². The second kappa shape index (κ2) is 6.70. The molecule has 1 aliphatic rings. The molecule has 14 heavy (non-hydrogen) atoms. The molecule has 0 bridgehead atoms. The van der Waals surface area contributed by atoms with E-state index in [1.807, 2.05) is 0 Å². The molecule has 0 aromatic rings. The quantitative estimate of drug-likeness (QED) is 0.687. The smallest absolute Gasteiger partial charge is 0.00674 e. The maximum atomic E-state index is 6.02. The molecule has 2 nitrogen and oxygen atoms in total. The SMILES string of the molecule is CN(C)CCSCCC1CCCC1N. The molecule has 2 N–H and O–H groups in total. The summed E-state index contributed by atoms with van der Waals surface area (Å²) in [6, 6.07) is 0.504. The molecule has 0 aromatic heterocycles. The van der Waals surface area contributed by atoms with Crippen molar-refractivity contribution in [3.8, 4) is 0 Å². The minimum absolute atomic E-state index is 0.504. The van der Waals surface area contributed by atoms with Gasteiger partial charge in [-0.05, 0) is 45.0 Å². The van der Waals surface area contributed by atoms with Gasteiger partial charge in [-0.15, -0.1) is 0 Å². The highest BCUT2D eigenvalue weighted by Crippen LogP contribution is 2.27. The van der Waals surface area contributed by atoms with E-state index in [0.717, 1.165) is 5.92 Å². The second-order valence-corrected chi connectivity index (χ2v) is 5.78. The number of hydrogen-bond donors (Lipinski definition) is 1. The Hall–Kier alpha value is 0.270. The normalized spacial score (nSPS) is 27.4. The van der Waals surface area contributed by atoms with Gasteiger partial charge in [-0.1, -0.05) is 6.42 Å². The van der Waals surface area contributed by atoms with Gasteiger partial charge in [-0.3, -0.25) is 0 Å². The van der Waals surface area contributed by atoms with Gasteiger partial charge in [0.05, 0.1) is 0 Å². The highest BCUT2D eigenvalue weighted by Gasteiger charge is 2.22. The molecule has 1 aliphatic carbocycles. The summed E-state index contributed by atoms with van der Waals surface area (Å²) in [5, 5.41) is 0. The molecule has 3 heteroatoms. The van der Waals surface area contributed by atoms with Gasteiger partial charge in [0.15, 0.2) is 0 Å². The van der Waals surface area contributed by atoms with E-state index in [-0.39, 0.29) is 0 Å². The first-order valence-corrected chi connectivity index (χ1v) is 6.83. The van der Waals surface area contributed by atoms with Crippen molar-refractivity contribution < 1.29 is 0 Å². The Morgan fingerprint density at radius 1 is 1.29 bits per heavy atom. The summed E-state index contributed by atoms with van der Waals surface area (Å²) in [7, 11) is 4.26. The Kier molecular flexibility index (Phi) is 5.90. The third kappa shape index (κ3) is 4.67. The predicted octanol–water partition coefficient (Wildman–Crippen LogP) is 1.80. The molecule has 1 saturated carbocycles. The molecular weight excluding hydrogens is 192 g/mol. The van der Waals surface area contributed by atoms with Gasteiger partial charge in [-0.25, -0.2) is 0 Å². The van der Waals surface area contributed by atoms with Crippen LogP contribution < -0.4 is 5.73 Å². The van der Waals surface area contributed by atoms with Crippen LogP contribution in [0.15, 0.2) is 0 Å². The topological polar surface area (TPSA) is 29.3 Å². The van der Waals surface area contributed by atoms with Crippen LogP contribution in [0.4, 0.5) is 0 Å². The molecule has 1 rings (SSSR count). The van der Waals surface area contributed by atoms with E-state index in [1.54, 1.807) is 0 Å². The second-order valence-electron chi connectivity index (χ2n) is 4.56. The van der Waals surface area contributed by atoms with Gasteiger partial charge in [0, 0.05) is 18.3 Å². The van der Waals surface area contributed by atoms with Crippen molar-refractivity contribution in [3.05, 3.63) is 0 Å². The molecule has 0 heterocycles. The van der Waals surface area contributed by atoms with Gasteiger partial charge in [0.2, 0.25) is 0 Å². The minimum atomic E-state index is 0.504. The van der Waals surface area contributed by atoms with E-state index >= 15 is 0 Å². The molecule has 1 fully saturated rings. The third-order valence-electron chi connectivity index (χ3n) is 3.03. The van der Waals surface area contributed by atoms with Crippen LogP contribution in [0.1, 0.15) is 25.7 Å². The lowest BCUT2D eigenvalue weighted by atomic mass is 10.0. The summed E-state index contributed by atoms with van der Waals surface area (Å²) in [4.78, 5) is 2.24. The predicted molar refractivity (Wildman–Crippen MR) is 65.8 cm³/mol. The number of hydrogen-bond acceptors (Lipinski definition) is 3. The zero-order valence-corrected chi connectivity index (χ0v) is 10.4. The first kappa shape index (κ1) is 12.3. The highest BCUT2D eigenvalue weighted by molar-refractivity contribution is 7.99. The average molecular weight is 216 g/mol. The third-order valence-corrected chi connectivity index (χ3v) is 4.03. The van der Waals surface area contributed by atoms with Crippen molar-refractivity contribution in [1.82, 2.24) is 4.90 Å². The molecule has 0 spiro atoms. The van der Waals surface area contributed by atoms with Crippen LogP contribution in [0.3, 0.4) is 0 Å². The lowest BCUT2D eigenvalue weighted by Gasteiger charge is -2.15. The fourth-order valence-corrected chi connectivity index (χ4v) is 3.18. The molecule has 0 aromatic carbocycles. The van der Waals surface area contributed by atoms with Crippen LogP contribution in [0.5, 0.6) is 0 Å². The van der Waals surface area contributed by atoms with Crippen molar-refractivity contribution >= 4 is 11.8 Å². The molecule has 0 aliphatic heterocycles. The van der Waals surface area contributed by atoms with Crippen LogP contribution in [0.2, 0.25) is 0 Å². The Morgan fingerprint density at radius 3 is 2.64 bits per heavy atom. The molecular formula is C11H24N2S. The van der Waals surface area contributed by atoms with Gasteiger partial charge in [-0.2, -0.15) is 11.8 Å². The van der Waals surface area contributed by atoms with Gasteiger partial charge in [0.1, 0.15) is 0 Å². The summed E-state index contributed by atoms with van der Waals surface area (Å²) in [5.41, 5.74) is 6.02. The van der Waals surface area contributed by atoms with E-state index < -0.39 is 0 Å². The molecule has 2 unspecified atom stereocenters. The van der Waals surface area contributed by atoms with Gasteiger partial charge < -0.3 is 10.6 Å². The average Bonchev–Trinajstić information content (AvgIpc) is 2.51. The van der Waals surface area contributed by atoms with E-state index in [9.17, 15) is 0 Å². The monoisotopic (exact) mass is 216 g/mol. The Labute approximate surface area is 92.6 Å². The molecule has 0 radical (unpaired) electrons. The lowest BCUT2D eigenvalue weighted by molar-refractivity contribution is 0.437. The van der Waals surface area contributed by atoms with Gasteiger partial charge in [0.25, 0.3) is 0 Å². The van der Waals surface area contributed by atoms with Crippen LogP contribution >= 0.6 is 11.8 Å². The van der Waals surface area contributed by atoms with Crippen LogP contribution in [0.25, 0.3) is 0 Å². The van der Waals surface area contributed by atoms with Gasteiger partial charge >= 0.3 is 0 Å². The van der Waals surface area contributed by atoms with Crippen LogP contribution in [0, 0.1) is 5.92 Å². The maximum absolute atomic E-state index is 6.02. The Balaban J connectivity index is 1.93. The zero-order valence-electron chi connectivity index (χ0n) is 9.54. The van der Waals surface area contributed by atoms with Crippen molar-refractivity contribution in [1.29, 1.82) is 0 Å². The van der Waals surface area contributed by atoms with Crippen molar-refractivity contribution in [2.75, 3.05) is 32.1 Å².